The van der Waals surface area contributed by atoms with Gasteiger partial charge in [0.05, 0.1) is 5.52 Å². The van der Waals surface area contributed by atoms with Gasteiger partial charge in [0.1, 0.15) is 5.82 Å². The number of aryl methyl sites for hydroxylation is 1. The fraction of sp³-hybridized carbons (Fsp3) is 0.438. The molecule has 0 radical (unpaired) electrons. The lowest BCUT2D eigenvalue weighted by atomic mass is 10.1. The molecule has 1 saturated heterocycles. The number of aromatic nitrogens is 1. The zero-order valence-corrected chi connectivity index (χ0v) is 14.3. The van der Waals surface area contributed by atoms with Crippen LogP contribution >= 0.6 is 0 Å². The van der Waals surface area contributed by atoms with Gasteiger partial charge in [-0.1, -0.05) is 6.92 Å². The van der Waals surface area contributed by atoms with E-state index in [0.717, 1.165) is 55.0 Å². The Morgan fingerprint density at radius 1 is 1.26 bits per heavy atom. The first-order valence-corrected chi connectivity index (χ1v) is 8.93. The van der Waals surface area contributed by atoms with Crippen molar-refractivity contribution in [3.05, 3.63) is 29.8 Å². The minimum Gasteiger partial charge on any atom is -0.354 e. The number of likely N-dealkylation sites (N-methyl/N-ethyl adjacent to an activating group) is 1. The molecule has 0 bridgehead atoms. The van der Waals surface area contributed by atoms with E-state index in [9.17, 15) is 4.21 Å². The summed E-state index contributed by atoms with van der Waals surface area (Å²) in [4.78, 5) is 9.54. The van der Waals surface area contributed by atoms with Gasteiger partial charge in [-0.05, 0) is 43.3 Å². The van der Waals surface area contributed by atoms with Gasteiger partial charge in [-0.3, -0.25) is 9.27 Å². The van der Waals surface area contributed by atoms with Crippen LogP contribution in [-0.2, 0) is 11.3 Å². The maximum Gasteiger partial charge on any atom is 0.259 e. The number of hydrogen-bond donors (Lipinski definition) is 2. The second-order valence-corrected chi connectivity index (χ2v) is 6.50. The number of benzene rings is 1. The van der Waals surface area contributed by atoms with Gasteiger partial charge in [-0.25, -0.2) is 9.19 Å². The minimum atomic E-state index is -2.06. The van der Waals surface area contributed by atoms with E-state index in [1.807, 2.05) is 12.1 Å². The highest BCUT2D eigenvalue weighted by Crippen LogP contribution is 2.26. The van der Waals surface area contributed by atoms with Gasteiger partial charge in [0, 0.05) is 37.3 Å². The Morgan fingerprint density at radius 2 is 2.00 bits per heavy atom. The normalized spacial score (nSPS) is 17.4. The first kappa shape index (κ1) is 16.2. The van der Waals surface area contributed by atoms with Crippen molar-refractivity contribution in [2.75, 3.05) is 42.3 Å². The molecule has 0 spiro atoms. The van der Waals surface area contributed by atoms with Crippen LogP contribution in [0.2, 0.25) is 0 Å². The molecule has 1 aromatic heterocycles. The largest absolute Gasteiger partial charge is 0.354 e. The summed E-state index contributed by atoms with van der Waals surface area (Å²) in [6, 6.07) is 7.64. The van der Waals surface area contributed by atoms with E-state index in [4.69, 9.17) is 9.54 Å². The number of fused-ring (bicyclic) bond motifs is 1. The maximum atomic E-state index is 10.9. The van der Waals surface area contributed by atoms with E-state index in [1.165, 1.54) is 0 Å². The molecule has 1 fully saturated rings. The topological polar surface area (TPSA) is 68.7 Å². The summed E-state index contributed by atoms with van der Waals surface area (Å²) in [7, 11) is 0. The van der Waals surface area contributed by atoms with E-state index in [1.54, 1.807) is 6.07 Å². The van der Waals surface area contributed by atoms with Crippen LogP contribution in [0.5, 0.6) is 0 Å². The van der Waals surface area contributed by atoms with Crippen LogP contribution in [0.3, 0.4) is 0 Å². The van der Waals surface area contributed by atoms with Crippen molar-refractivity contribution in [1.82, 2.24) is 9.88 Å². The van der Waals surface area contributed by atoms with Gasteiger partial charge in [0.2, 0.25) is 0 Å². The maximum absolute atomic E-state index is 10.9. The SMILES string of the molecule is CCN1CCN(c2cc(C)c3cc(NS(=O)O)ccc3n2)CC1. The zero-order valence-electron chi connectivity index (χ0n) is 13.5. The van der Waals surface area contributed by atoms with Crippen molar-refractivity contribution < 1.29 is 8.76 Å². The molecule has 3 rings (SSSR count). The molecule has 2 N–H and O–H groups in total. The number of piperazine rings is 1. The molecule has 6 nitrogen and oxygen atoms in total. The Bertz CT molecular complexity index is 729. The number of anilines is 2. The van der Waals surface area contributed by atoms with Gasteiger partial charge in [0.15, 0.2) is 0 Å². The molecule has 1 aliphatic heterocycles. The van der Waals surface area contributed by atoms with Crippen LogP contribution in [0.4, 0.5) is 11.5 Å². The molecule has 2 aromatic rings. The van der Waals surface area contributed by atoms with Gasteiger partial charge < -0.3 is 9.80 Å². The fourth-order valence-corrected chi connectivity index (χ4v) is 3.32. The summed E-state index contributed by atoms with van der Waals surface area (Å²) >= 11 is -2.06. The summed E-state index contributed by atoms with van der Waals surface area (Å²) in [5.41, 5.74) is 2.65. The van der Waals surface area contributed by atoms with E-state index < -0.39 is 11.3 Å². The van der Waals surface area contributed by atoms with Crippen molar-refractivity contribution in [2.24, 2.45) is 0 Å². The van der Waals surface area contributed by atoms with Crippen LogP contribution in [-0.4, -0.2) is 51.4 Å². The third-order valence-corrected chi connectivity index (χ3v) is 4.76. The van der Waals surface area contributed by atoms with Crippen molar-refractivity contribution >= 4 is 33.7 Å². The van der Waals surface area contributed by atoms with Crippen molar-refractivity contribution in [2.45, 2.75) is 13.8 Å². The molecule has 7 heteroatoms. The first-order valence-electron chi connectivity index (χ1n) is 7.83. The Labute approximate surface area is 138 Å². The summed E-state index contributed by atoms with van der Waals surface area (Å²) in [5, 5.41) is 0.997. The van der Waals surface area contributed by atoms with E-state index >= 15 is 0 Å². The molecule has 2 heterocycles. The van der Waals surface area contributed by atoms with Gasteiger partial charge in [-0.2, -0.15) is 0 Å². The number of hydrogen-bond acceptors (Lipinski definition) is 4. The minimum absolute atomic E-state index is 0.618. The van der Waals surface area contributed by atoms with E-state index in [0.29, 0.717) is 5.69 Å². The summed E-state index contributed by atoms with van der Waals surface area (Å²) < 4.78 is 22.3. The molecule has 0 aliphatic carbocycles. The molecule has 1 aromatic carbocycles. The highest BCUT2D eigenvalue weighted by molar-refractivity contribution is 7.80. The lowest BCUT2D eigenvalue weighted by Crippen LogP contribution is -2.46. The quantitative estimate of drug-likeness (QED) is 0.839. The fourth-order valence-electron chi connectivity index (χ4n) is 3.00. The zero-order chi connectivity index (χ0) is 16.4. The average molecular weight is 334 g/mol. The van der Waals surface area contributed by atoms with Gasteiger partial charge in [-0.15, -0.1) is 0 Å². The lowest BCUT2D eigenvalue weighted by molar-refractivity contribution is 0.270. The van der Waals surface area contributed by atoms with Gasteiger partial charge >= 0.3 is 0 Å². The molecule has 1 aliphatic rings. The first-order chi connectivity index (χ1) is 11.1. The summed E-state index contributed by atoms with van der Waals surface area (Å²) in [6.45, 7) is 9.47. The van der Waals surface area contributed by atoms with E-state index in [2.05, 4.69) is 34.4 Å². The Balaban J connectivity index is 1.88. The molecule has 124 valence electrons. The van der Waals surface area contributed by atoms with Gasteiger partial charge in [0.25, 0.3) is 11.3 Å². The number of pyridine rings is 1. The average Bonchev–Trinajstić information content (AvgIpc) is 2.55. The van der Waals surface area contributed by atoms with Crippen molar-refractivity contribution in [3.8, 4) is 0 Å². The molecular weight excluding hydrogens is 312 g/mol. The lowest BCUT2D eigenvalue weighted by Gasteiger charge is -2.35. The number of nitrogens with zero attached hydrogens (tertiary/aromatic N) is 3. The predicted molar refractivity (Wildman–Crippen MR) is 95.2 cm³/mol. The highest BCUT2D eigenvalue weighted by Gasteiger charge is 2.17. The molecule has 23 heavy (non-hydrogen) atoms. The van der Waals surface area contributed by atoms with Crippen LogP contribution in [0, 0.1) is 6.92 Å². The number of nitrogens with one attached hydrogen (secondary N) is 1. The van der Waals surface area contributed by atoms with E-state index in [-0.39, 0.29) is 0 Å². The van der Waals surface area contributed by atoms with Crippen molar-refractivity contribution in [3.63, 3.8) is 0 Å². The van der Waals surface area contributed by atoms with Crippen LogP contribution in [0.1, 0.15) is 12.5 Å². The Morgan fingerprint density at radius 3 is 2.65 bits per heavy atom. The molecule has 1 unspecified atom stereocenters. The van der Waals surface area contributed by atoms with Crippen LogP contribution < -0.4 is 9.62 Å². The standard InChI is InChI=1S/C16H22N4O2S/c1-3-19-6-8-20(9-7-19)16-10-12(2)14-11-13(18-23(21)22)4-5-15(14)17-16/h4-5,10-11,18H,3,6-9H2,1-2H3,(H,21,22). The smallest absolute Gasteiger partial charge is 0.259 e. The second-order valence-electron chi connectivity index (χ2n) is 5.80. The second kappa shape index (κ2) is 6.82. The third-order valence-electron chi connectivity index (χ3n) is 4.35. The molecule has 0 amide bonds. The Kier molecular flexibility index (Phi) is 4.79. The third kappa shape index (κ3) is 3.63. The monoisotopic (exact) mass is 334 g/mol. The van der Waals surface area contributed by atoms with Crippen molar-refractivity contribution in [1.29, 1.82) is 0 Å². The number of rotatable bonds is 4. The highest BCUT2D eigenvalue weighted by atomic mass is 32.2. The predicted octanol–water partition coefficient (Wildman–Crippen LogP) is 2.23. The summed E-state index contributed by atoms with van der Waals surface area (Å²) in [5.74, 6) is 1.01. The molecule has 0 saturated carbocycles. The molecule has 1 atom stereocenters. The summed E-state index contributed by atoms with van der Waals surface area (Å²) in [6.07, 6.45) is 0. The van der Waals surface area contributed by atoms with Crippen LogP contribution in [0.25, 0.3) is 10.9 Å². The molecular formula is C16H22N4O2S. The van der Waals surface area contributed by atoms with Crippen LogP contribution in [0.15, 0.2) is 24.3 Å². The Hall–Kier alpha value is -1.70.